The van der Waals surface area contributed by atoms with Crippen molar-refractivity contribution in [2.75, 3.05) is 36.5 Å². The molecule has 0 aromatic carbocycles. The van der Waals surface area contributed by atoms with Crippen molar-refractivity contribution in [2.45, 2.75) is 20.4 Å². The normalized spacial score (nSPS) is 15.1. The highest BCUT2D eigenvalue weighted by Gasteiger charge is 2.21. The number of aryl methyl sites for hydroxylation is 3. The molecule has 0 unspecified atom stereocenters. The van der Waals surface area contributed by atoms with Gasteiger partial charge < -0.3 is 15.0 Å². The molecular formula is C17H23N7O. The minimum atomic E-state index is 0.654. The zero-order valence-electron chi connectivity index (χ0n) is 14.9. The molecule has 0 saturated carbocycles. The van der Waals surface area contributed by atoms with Crippen LogP contribution in [0.4, 0.5) is 11.8 Å². The van der Waals surface area contributed by atoms with Gasteiger partial charge in [0.2, 0.25) is 5.95 Å². The van der Waals surface area contributed by atoms with Crippen molar-refractivity contribution in [3.8, 4) is 0 Å². The molecule has 1 saturated heterocycles. The average Bonchev–Trinajstić information content (AvgIpc) is 3.13. The van der Waals surface area contributed by atoms with Gasteiger partial charge in [0.25, 0.3) is 0 Å². The Balaban J connectivity index is 1.60. The van der Waals surface area contributed by atoms with E-state index in [-0.39, 0.29) is 0 Å². The van der Waals surface area contributed by atoms with Crippen LogP contribution in [0.25, 0.3) is 5.65 Å². The molecule has 0 spiro atoms. The summed E-state index contributed by atoms with van der Waals surface area (Å²) in [5.74, 6) is 1.89. The van der Waals surface area contributed by atoms with E-state index in [2.05, 4.69) is 38.5 Å². The number of hydrogen-bond donors (Lipinski definition) is 1. The van der Waals surface area contributed by atoms with Gasteiger partial charge in [0.1, 0.15) is 5.82 Å². The van der Waals surface area contributed by atoms with Crippen LogP contribution in [0.3, 0.4) is 0 Å². The van der Waals surface area contributed by atoms with Crippen molar-refractivity contribution in [2.24, 2.45) is 7.05 Å². The van der Waals surface area contributed by atoms with Crippen molar-refractivity contribution >= 4 is 17.4 Å². The molecule has 0 bridgehead atoms. The lowest BCUT2D eigenvalue weighted by Crippen LogP contribution is -2.38. The van der Waals surface area contributed by atoms with Crippen molar-refractivity contribution in [3.05, 3.63) is 35.2 Å². The number of rotatable bonds is 4. The number of nitrogens with zero attached hydrogens (tertiary/aromatic N) is 6. The van der Waals surface area contributed by atoms with E-state index in [0.29, 0.717) is 6.54 Å². The standard InChI is InChI=1S/C17H23N7O/c1-12-4-5-24-15(10-12)19-20-17(24)18-11-14-13(2)21-22(3)16(14)23-6-8-25-9-7-23/h4-5,10H,6-9,11H2,1-3H3,(H,18,20). The highest BCUT2D eigenvalue weighted by molar-refractivity contribution is 5.53. The van der Waals surface area contributed by atoms with E-state index >= 15 is 0 Å². The maximum atomic E-state index is 5.48. The minimum Gasteiger partial charge on any atom is -0.378 e. The monoisotopic (exact) mass is 341 g/mol. The fourth-order valence-corrected chi connectivity index (χ4v) is 3.35. The zero-order chi connectivity index (χ0) is 17.4. The Kier molecular flexibility index (Phi) is 4.04. The van der Waals surface area contributed by atoms with Crippen LogP contribution in [0.5, 0.6) is 0 Å². The first kappa shape index (κ1) is 15.9. The maximum absolute atomic E-state index is 5.48. The second-order valence-electron chi connectivity index (χ2n) is 6.42. The van der Waals surface area contributed by atoms with Gasteiger partial charge in [-0.3, -0.25) is 9.08 Å². The van der Waals surface area contributed by atoms with Crippen molar-refractivity contribution < 1.29 is 4.74 Å². The van der Waals surface area contributed by atoms with Gasteiger partial charge in [0, 0.05) is 38.4 Å². The first-order valence-corrected chi connectivity index (χ1v) is 8.54. The number of anilines is 2. The molecule has 0 aliphatic carbocycles. The molecular weight excluding hydrogens is 318 g/mol. The van der Waals surface area contributed by atoms with Gasteiger partial charge in [-0.25, -0.2) is 0 Å². The number of fused-ring (bicyclic) bond motifs is 1. The van der Waals surface area contributed by atoms with Crippen LogP contribution in [-0.4, -0.2) is 50.7 Å². The van der Waals surface area contributed by atoms with Crippen LogP contribution in [0.15, 0.2) is 18.3 Å². The SMILES string of the molecule is Cc1ccn2c(NCc3c(C)nn(C)c3N3CCOCC3)nnc2c1. The molecule has 8 heteroatoms. The quantitative estimate of drug-likeness (QED) is 0.776. The van der Waals surface area contributed by atoms with Gasteiger partial charge in [-0.15, -0.1) is 10.2 Å². The third-order valence-electron chi connectivity index (χ3n) is 4.61. The highest BCUT2D eigenvalue weighted by Crippen LogP contribution is 2.25. The predicted octanol–water partition coefficient (Wildman–Crippen LogP) is 1.53. The summed E-state index contributed by atoms with van der Waals surface area (Å²) in [5, 5.41) is 16.5. The second kappa shape index (κ2) is 6.36. The summed E-state index contributed by atoms with van der Waals surface area (Å²) in [6, 6.07) is 4.07. The van der Waals surface area contributed by atoms with Gasteiger partial charge in [-0.2, -0.15) is 5.10 Å². The topological polar surface area (TPSA) is 72.5 Å². The van der Waals surface area contributed by atoms with Crippen molar-refractivity contribution in [1.29, 1.82) is 0 Å². The Morgan fingerprint density at radius 2 is 2.00 bits per heavy atom. The summed E-state index contributed by atoms with van der Waals surface area (Å²) in [5.41, 5.74) is 4.23. The molecule has 0 amide bonds. The Morgan fingerprint density at radius 1 is 1.20 bits per heavy atom. The van der Waals surface area contributed by atoms with Gasteiger partial charge in [0.15, 0.2) is 5.65 Å². The van der Waals surface area contributed by atoms with Gasteiger partial charge >= 0.3 is 0 Å². The molecule has 4 heterocycles. The van der Waals surface area contributed by atoms with Crippen molar-refractivity contribution in [3.63, 3.8) is 0 Å². The largest absolute Gasteiger partial charge is 0.378 e. The number of ether oxygens (including phenoxy) is 1. The molecule has 1 aliphatic heterocycles. The van der Waals surface area contributed by atoms with Gasteiger partial charge in [-0.05, 0) is 31.5 Å². The Labute approximate surface area is 146 Å². The first-order valence-electron chi connectivity index (χ1n) is 8.54. The number of aromatic nitrogens is 5. The molecule has 8 nitrogen and oxygen atoms in total. The summed E-state index contributed by atoms with van der Waals surface area (Å²) in [6.07, 6.45) is 1.99. The lowest BCUT2D eigenvalue weighted by molar-refractivity contribution is 0.122. The van der Waals surface area contributed by atoms with E-state index in [9.17, 15) is 0 Å². The van der Waals surface area contributed by atoms with Crippen LogP contribution < -0.4 is 10.2 Å². The summed E-state index contributed by atoms with van der Waals surface area (Å²) in [6.45, 7) is 8.04. The lowest BCUT2D eigenvalue weighted by Gasteiger charge is -2.29. The van der Waals surface area contributed by atoms with Crippen LogP contribution in [0.1, 0.15) is 16.8 Å². The van der Waals surface area contributed by atoms with E-state index in [1.165, 1.54) is 11.1 Å². The third kappa shape index (κ3) is 2.93. The van der Waals surface area contributed by atoms with Gasteiger partial charge in [0.05, 0.1) is 18.9 Å². The molecule has 0 atom stereocenters. The number of nitrogens with one attached hydrogen (secondary N) is 1. The molecule has 25 heavy (non-hydrogen) atoms. The Morgan fingerprint density at radius 3 is 2.80 bits per heavy atom. The third-order valence-corrected chi connectivity index (χ3v) is 4.61. The lowest BCUT2D eigenvalue weighted by atomic mass is 10.2. The number of hydrogen-bond acceptors (Lipinski definition) is 6. The first-order chi connectivity index (χ1) is 12.1. The molecule has 1 fully saturated rings. The average molecular weight is 341 g/mol. The van der Waals surface area contributed by atoms with Crippen LogP contribution >= 0.6 is 0 Å². The van der Waals surface area contributed by atoms with Crippen LogP contribution in [-0.2, 0) is 18.3 Å². The molecule has 0 radical (unpaired) electrons. The van der Waals surface area contributed by atoms with E-state index in [1.807, 2.05) is 35.3 Å². The fourth-order valence-electron chi connectivity index (χ4n) is 3.35. The summed E-state index contributed by atoms with van der Waals surface area (Å²) < 4.78 is 9.40. The van der Waals surface area contributed by atoms with Gasteiger partial charge in [-0.1, -0.05) is 0 Å². The van der Waals surface area contributed by atoms with E-state index < -0.39 is 0 Å². The zero-order valence-corrected chi connectivity index (χ0v) is 14.9. The number of morpholine rings is 1. The van der Waals surface area contributed by atoms with E-state index in [0.717, 1.165) is 49.4 Å². The molecule has 132 valence electrons. The number of pyridine rings is 1. The second-order valence-corrected chi connectivity index (χ2v) is 6.42. The molecule has 3 aromatic heterocycles. The molecule has 4 rings (SSSR count). The predicted molar refractivity (Wildman–Crippen MR) is 96.0 cm³/mol. The molecule has 1 N–H and O–H groups in total. The molecule has 3 aromatic rings. The van der Waals surface area contributed by atoms with Crippen molar-refractivity contribution in [1.82, 2.24) is 24.4 Å². The summed E-state index contributed by atoms with van der Waals surface area (Å²) >= 11 is 0. The van der Waals surface area contributed by atoms with Crippen LogP contribution in [0.2, 0.25) is 0 Å². The molecule has 1 aliphatic rings. The fraction of sp³-hybridized carbons (Fsp3) is 0.471. The summed E-state index contributed by atoms with van der Waals surface area (Å²) in [7, 11) is 2.00. The van der Waals surface area contributed by atoms with E-state index in [4.69, 9.17) is 4.74 Å². The van der Waals surface area contributed by atoms with E-state index in [1.54, 1.807) is 0 Å². The smallest absolute Gasteiger partial charge is 0.229 e. The minimum absolute atomic E-state index is 0.654. The highest BCUT2D eigenvalue weighted by atomic mass is 16.5. The Hall–Kier alpha value is -2.61. The Bertz CT molecular complexity index is 892. The maximum Gasteiger partial charge on any atom is 0.229 e. The summed E-state index contributed by atoms with van der Waals surface area (Å²) in [4.78, 5) is 2.34. The van der Waals surface area contributed by atoms with Crippen LogP contribution in [0, 0.1) is 13.8 Å².